The van der Waals surface area contributed by atoms with Crippen molar-refractivity contribution in [2.24, 2.45) is 0 Å². The SMILES string of the molecule is Cc1ccccc1NC(=O)Cc1nc(CN(C)Cc2sccc2C)cs1. The number of aryl methyl sites for hydroxylation is 2. The van der Waals surface area contributed by atoms with Gasteiger partial charge in [0.15, 0.2) is 0 Å². The minimum absolute atomic E-state index is 0.0252. The summed E-state index contributed by atoms with van der Waals surface area (Å²) in [5.41, 5.74) is 4.28. The second kappa shape index (κ2) is 8.58. The highest BCUT2D eigenvalue weighted by Crippen LogP contribution is 2.19. The van der Waals surface area contributed by atoms with Crippen LogP contribution in [0.25, 0.3) is 0 Å². The van der Waals surface area contributed by atoms with Gasteiger partial charge >= 0.3 is 0 Å². The second-order valence-electron chi connectivity index (χ2n) is 6.47. The van der Waals surface area contributed by atoms with Gasteiger partial charge in [-0.25, -0.2) is 4.98 Å². The Hall–Kier alpha value is -2.02. The third-order valence-corrected chi connectivity index (χ3v) is 6.05. The van der Waals surface area contributed by atoms with E-state index in [9.17, 15) is 4.79 Å². The number of hydrogen-bond acceptors (Lipinski definition) is 5. The van der Waals surface area contributed by atoms with Crippen LogP contribution in [-0.2, 0) is 24.3 Å². The zero-order chi connectivity index (χ0) is 18.5. The molecule has 136 valence electrons. The average Bonchev–Trinajstić information content (AvgIpc) is 3.19. The van der Waals surface area contributed by atoms with E-state index in [1.165, 1.54) is 10.4 Å². The van der Waals surface area contributed by atoms with Gasteiger partial charge in [0, 0.05) is 29.0 Å². The summed E-state index contributed by atoms with van der Waals surface area (Å²) in [6, 6.07) is 9.95. The first-order valence-corrected chi connectivity index (χ1v) is 10.3. The lowest BCUT2D eigenvalue weighted by Crippen LogP contribution is -2.17. The van der Waals surface area contributed by atoms with E-state index >= 15 is 0 Å². The van der Waals surface area contributed by atoms with Crippen molar-refractivity contribution in [1.29, 1.82) is 0 Å². The molecule has 0 saturated heterocycles. The van der Waals surface area contributed by atoms with Crippen molar-refractivity contribution in [2.45, 2.75) is 33.4 Å². The molecule has 2 aromatic heterocycles. The number of thiophene rings is 1. The minimum atomic E-state index is -0.0252. The Balaban J connectivity index is 1.53. The number of carbonyl (C=O) groups excluding carboxylic acids is 1. The van der Waals surface area contributed by atoms with Gasteiger partial charge < -0.3 is 5.32 Å². The molecule has 26 heavy (non-hydrogen) atoms. The molecule has 0 atom stereocenters. The molecule has 0 saturated carbocycles. The van der Waals surface area contributed by atoms with E-state index in [1.54, 1.807) is 22.7 Å². The summed E-state index contributed by atoms with van der Waals surface area (Å²) in [6.45, 7) is 5.84. The molecule has 0 aliphatic heterocycles. The first-order chi connectivity index (χ1) is 12.5. The zero-order valence-corrected chi connectivity index (χ0v) is 16.9. The monoisotopic (exact) mass is 385 g/mol. The van der Waals surface area contributed by atoms with Crippen LogP contribution in [0.4, 0.5) is 5.69 Å². The van der Waals surface area contributed by atoms with E-state index in [0.717, 1.165) is 35.0 Å². The predicted octanol–water partition coefficient (Wildman–Crippen LogP) is 4.63. The summed E-state index contributed by atoms with van der Waals surface area (Å²) >= 11 is 3.34. The van der Waals surface area contributed by atoms with E-state index in [0.29, 0.717) is 6.42 Å². The molecule has 1 amide bonds. The number of carbonyl (C=O) groups is 1. The molecule has 0 unspecified atom stereocenters. The van der Waals surface area contributed by atoms with Gasteiger partial charge in [-0.1, -0.05) is 18.2 Å². The molecule has 0 fully saturated rings. The molecule has 3 rings (SSSR count). The maximum Gasteiger partial charge on any atom is 0.231 e. The van der Waals surface area contributed by atoms with Crippen LogP contribution in [0.5, 0.6) is 0 Å². The summed E-state index contributed by atoms with van der Waals surface area (Å²) in [5, 5.41) is 8.00. The maximum absolute atomic E-state index is 12.3. The molecule has 1 N–H and O–H groups in total. The first-order valence-electron chi connectivity index (χ1n) is 8.51. The highest BCUT2D eigenvalue weighted by molar-refractivity contribution is 7.10. The van der Waals surface area contributed by atoms with Gasteiger partial charge in [0.25, 0.3) is 0 Å². The Morgan fingerprint density at radius 3 is 2.65 bits per heavy atom. The Morgan fingerprint density at radius 2 is 1.92 bits per heavy atom. The predicted molar refractivity (Wildman–Crippen MR) is 110 cm³/mol. The Morgan fingerprint density at radius 1 is 1.12 bits per heavy atom. The normalized spacial score (nSPS) is 11.1. The Bertz CT molecular complexity index is 885. The summed E-state index contributed by atoms with van der Waals surface area (Å²) < 4.78 is 0. The lowest BCUT2D eigenvalue weighted by Gasteiger charge is -2.14. The van der Waals surface area contributed by atoms with Crippen molar-refractivity contribution in [2.75, 3.05) is 12.4 Å². The zero-order valence-electron chi connectivity index (χ0n) is 15.3. The standard InChI is InChI=1S/C20H23N3OS2/c1-14-6-4-5-7-17(14)22-19(24)10-20-21-16(13-26-20)11-23(3)12-18-15(2)8-9-25-18/h4-9,13H,10-12H2,1-3H3,(H,22,24). The maximum atomic E-state index is 12.3. The largest absolute Gasteiger partial charge is 0.325 e. The molecule has 4 nitrogen and oxygen atoms in total. The molecule has 0 aliphatic rings. The third kappa shape index (κ3) is 5.00. The van der Waals surface area contributed by atoms with Gasteiger partial charge in [-0.3, -0.25) is 9.69 Å². The van der Waals surface area contributed by atoms with Gasteiger partial charge in [0.1, 0.15) is 5.01 Å². The smallest absolute Gasteiger partial charge is 0.231 e. The van der Waals surface area contributed by atoms with E-state index in [2.05, 4.69) is 40.6 Å². The molecular formula is C20H23N3OS2. The molecule has 0 bridgehead atoms. The molecular weight excluding hydrogens is 362 g/mol. The van der Waals surface area contributed by atoms with E-state index in [-0.39, 0.29) is 5.91 Å². The minimum Gasteiger partial charge on any atom is -0.325 e. The quantitative estimate of drug-likeness (QED) is 0.645. The molecule has 6 heteroatoms. The first kappa shape index (κ1) is 18.8. The van der Waals surface area contributed by atoms with E-state index in [1.807, 2.05) is 36.6 Å². The van der Waals surface area contributed by atoms with Gasteiger partial charge in [-0.05, 0) is 49.5 Å². The highest BCUT2D eigenvalue weighted by atomic mass is 32.1. The van der Waals surface area contributed by atoms with Crippen molar-refractivity contribution >= 4 is 34.3 Å². The van der Waals surface area contributed by atoms with E-state index in [4.69, 9.17) is 0 Å². The summed E-state index contributed by atoms with van der Waals surface area (Å²) in [6.07, 6.45) is 0.312. The second-order valence-corrected chi connectivity index (χ2v) is 8.41. The van der Waals surface area contributed by atoms with Crippen LogP contribution in [0.15, 0.2) is 41.1 Å². The van der Waals surface area contributed by atoms with Crippen LogP contribution in [0.2, 0.25) is 0 Å². The highest BCUT2D eigenvalue weighted by Gasteiger charge is 2.11. The van der Waals surface area contributed by atoms with Crippen LogP contribution in [-0.4, -0.2) is 22.8 Å². The summed E-state index contributed by atoms with van der Waals surface area (Å²) in [7, 11) is 2.10. The number of hydrogen-bond donors (Lipinski definition) is 1. The third-order valence-electron chi connectivity index (χ3n) is 4.14. The Labute approximate surface area is 162 Å². The van der Waals surface area contributed by atoms with Crippen molar-refractivity contribution in [3.63, 3.8) is 0 Å². The van der Waals surface area contributed by atoms with E-state index < -0.39 is 0 Å². The van der Waals surface area contributed by atoms with Crippen LogP contribution < -0.4 is 5.32 Å². The number of thiazole rings is 1. The van der Waals surface area contributed by atoms with Crippen LogP contribution in [0.3, 0.4) is 0 Å². The molecule has 0 aliphatic carbocycles. The average molecular weight is 386 g/mol. The van der Waals surface area contributed by atoms with Crippen molar-refractivity contribution < 1.29 is 4.79 Å². The number of rotatable bonds is 7. The number of amides is 1. The lowest BCUT2D eigenvalue weighted by molar-refractivity contribution is -0.115. The number of benzene rings is 1. The van der Waals surface area contributed by atoms with Crippen molar-refractivity contribution in [3.8, 4) is 0 Å². The lowest BCUT2D eigenvalue weighted by atomic mass is 10.2. The van der Waals surface area contributed by atoms with Gasteiger partial charge in [-0.2, -0.15) is 0 Å². The summed E-state index contributed by atoms with van der Waals surface area (Å²) in [5.74, 6) is -0.0252. The fraction of sp³-hybridized carbons (Fsp3) is 0.300. The number of nitrogens with zero attached hydrogens (tertiary/aromatic N) is 2. The van der Waals surface area contributed by atoms with Crippen molar-refractivity contribution in [3.05, 3.63) is 67.8 Å². The number of anilines is 1. The van der Waals surface area contributed by atoms with Crippen LogP contribution in [0.1, 0.15) is 26.7 Å². The van der Waals surface area contributed by atoms with Crippen LogP contribution >= 0.6 is 22.7 Å². The fourth-order valence-electron chi connectivity index (χ4n) is 2.69. The fourth-order valence-corrected chi connectivity index (χ4v) is 4.46. The van der Waals surface area contributed by atoms with Crippen LogP contribution in [0, 0.1) is 13.8 Å². The van der Waals surface area contributed by atoms with Gasteiger partial charge in [0.05, 0.1) is 12.1 Å². The molecule has 0 spiro atoms. The Kier molecular flexibility index (Phi) is 6.19. The molecule has 3 aromatic rings. The van der Waals surface area contributed by atoms with Crippen molar-refractivity contribution in [1.82, 2.24) is 9.88 Å². The topological polar surface area (TPSA) is 45.2 Å². The number of aromatic nitrogens is 1. The number of nitrogens with one attached hydrogen (secondary N) is 1. The molecule has 0 radical (unpaired) electrons. The molecule has 1 aromatic carbocycles. The number of para-hydroxylation sites is 1. The molecule has 2 heterocycles. The van der Waals surface area contributed by atoms with Gasteiger partial charge in [-0.15, -0.1) is 22.7 Å². The summed E-state index contributed by atoms with van der Waals surface area (Å²) in [4.78, 5) is 20.5. The van der Waals surface area contributed by atoms with Gasteiger partial charge in [0.2, 0.25) is 5.91 Å².